The molecule has 0 aliphatic heterocycles. The second-order valence-corrected chi connectivity index (χ2v) is 5.56. The molecular weight excluding hydrogens is 300 g/mol. The molecule has 0 bridgehead atoms. The lowest BCUT2D eigenvalue weighted by Gasteiger charge is -2.12. The van der Waals surface area contributed by atoms with Crippen molar-refractivity contribution in [3.63, 3.8) is 0 Å². The van der Waals surface area contributed by atoms with Crippen LogP contribution in [0.4, 0.5) is 0 Å². The van der Waals surface area contributed by atoms with Crippen LogP contribution in [0.2, 0.25) is 4.34 Å². The summed E-state index contributed by atoms with van der Waals surface area (Å²) in [5, 5.41) is 0. The highest BCUT2D eigenvalue weighted by molar-refractivity contribution is 7.18. The van der Waals surface area contributed by atoms with Crippen molar-refractivity contribution in [2.45, 2.75) is 0 Å². The van der Waals surface area contributed by atoms with E-state index in [1.807, 2.05) is 0 Å². The number of halogens is 1. The summed E-state index contributed by atoms with van der Waals surface area (Å²) < 4.78 is 16.2. The minimum Gasteiger partial charge on any atom is -0.496 e. The number of methoxy groups -OCH3 is 3. The molecule has 0 saturated heterocycles. The predicted molar refractivity (Wildman–Crippen MR) is 78.9 cm³/mol. The van der Waals surface area contributed by atoms with E-state index in [9.17, 15) is 4.79 Å². The quantitative estimate of drug-likeness (QED) is 0.790. The topological polar surface area (TPSA) is 44.8 Å². The normalized spacial score (nSPS) is 10.2. The largest absolute Gasteiger partial charge is 0.496 e. The first kappa shape index (κ1) is 14.7. The molecule has 4 nitrogen and oxygen atoms in total. The zero-order valence-electron chi connectivity index (χ0n) is 11.2. The zero-order chi connectivity index (χ0) is 14.7. The monoisotopic (exact) mass is 312 g/mol. The van der Waals surface area contributed by atoms with E-state index in [0.717, 1.165) is 0 Å². The first-order valence-electron chi connectivity index (χ1n) is 5.70. The Balaban J connectivity index is 2.52. The Labute approximate surface area is 125 Å². The lowest BCUT2D eigenvalue weighted by molar-refractivity contribution is 0.103. The number of thiophene rings is 1. The smallest absolute Gasteiger partial charge is 0.206 e. The third-order valence-electron chi connectivity index (χ3n) is 2.75. The van der Waals surface area contributed by atoms with Crippen LogP contribution in [-0.2, 0) is 0 Å². The average molecular weight is 313 g/mol. The molecule has 20 heavy (non-hydrogen) atoms. The number of benzene rings is 1. The summed E-state index contributed by atoms with van der Waals surface area (Å²) in [4.78, 5) is 13.0. The van der Waals surface area contributed by atoms with Crippen LogP contribution in [0.25, 0.3) is 0 Å². The van der Waals surface area contributed by atoms with Gasteiger partial charge in [-0.1, -0.05) is 11.6 Å². The first-order valence-corrected chi connectivity index (χ1v) is 6.90. The van der Waals surface area contributed by atoms with Crippen molar-refractivity contribution in [2.24, 2.45) is 0 Å². The fraction of sp³-hybridized carbons (Fsp3) is 0.214. The molecule has 1 heterocycles. The van der Waals surface area contributed by atoms with Gasteiger partial charge in [-0.3, -0.25) is 4.79 Å². The van der Waals surface area contributed by atoms with E-state index in [-0.39, 0.29) is 5.78 Å². The van der Waals surface area contributed by atoms with Crippen molar-refractivity contribution < 1.29 is 19.0 Å². The van der Waals surface area contributed by atoms with E-state index >= 15 is 0 Å². The summed E-state index contributed by atoms with van der Waals surface area (Å²) in [6.45, 7) is 0. The van der Waals surface area contributed by atoms with Crippen LogP contribution < -0.4 is 14.2 Å². The van der Waals surface area contributed by atoms with Gasteiger partial charge in [-0.15, -0.1) is 11.3 Å². The molecule has 1 aromatic carbocycles. The van der Waals surface area contributed by atoms with Crippen LogP contribution in [0, 0.1) is 0 Å². The zero-order valence-corrected chi connectivity index (χ0v) is 12.8. The minimum atomic E-state index is -0.167. The number of rotatable bonds is 5. The van der Waals surface area contributed by atoms with E-state index in [1.54, 1.807) is 24.3 Å². The Morgan fingerprint density at radius 2 is 1.60 bits per heavy atom. The SMILES string of the molecule is COc1cc(OC)c(C(=O)c2ccc(Cl)s2)cc1OC. The fourth-order valence-electron chi connectivity index (χ4n) is 1.78. The number of ether oxygens (including phenoxy) is 3. The Morgan fingerprint density at radius 3 is 2.10 bits per heavy atom. The van der Waals surface area contributed by atoms with Crippen molar-refractivity contribution in [3.8, 4) is 17.2 Å². The second-order valence-electron chi connectivity index (χ2n) is 3.84. The highest BCUT2D eigenvalue weighted by atomic mass is 35.5. The molecule has 0 saturated carbocycles. The van der Waals surface area contributed by atoms with E-state index in [0.29, 0.717) is 32.0 Å². The third-order valence-corrected chi connectivity index (χ3v) is 3.98. The van der Waals surface area contributed by atoms with Crippen molar-refractivity contribution in [3.05, 3.63) is 39.0 Å². The van der Waals surface area contributed by atoms with Crippen LogP contribution in [0.15, 0.2) is 24.3 Å². The maximum absolute atomic E-state index is 12.5. The van der Waals surface area contributed by atoms with Gasteiger partial charge in [0, 0.05) is 6.07 Å². The first-order chi connectivity index (χ1) is 9.60. The Bertz CT molecular complexity index is 636. The van der Waals surface area contributed by atoms with Gasteiger partial charge in [0.15, 0.2) is 11.5 Å². The van der Waals surface area contributed by atoms with Gasteiger partial charge in [0.25, 0.3) is 0 Å². The Kier molecular flexibility index (Phi) is 4.52. The molecule has 1 aromatic heterocycles. The van der Waals surface area contributed by atoms with Gasteiger partial charge in [-0.25, -0.2) is 0 Å². The number of hydrogen-bond donors (Lipinski definition) is 0. The van der Waals surface area contributed by atoms with Crippen molar-refractivity contribution in [1.29, 1.82) is 0 Å². The highest BCUT2D eigenvalue weighted by Gasteiger charge is 2.20. The molecule has 2 rings (SSSR count). The molecule has 0 radical (unpaired) electrons. The summed E-state index contributed by atoms with van der Waals surface area (Å²) in [5.74, 6) is 1.24. The van der Waals surface area contributed by atoms with Crippen LogP contribution in [0.3, 0.4) is 0 Å². The van der Waals surface area contributed by atoms with Crippen LogP contribution >= 0.6 is 22.9 Å². The van der Waals surface area contributed by atoms with E-state index in [2.05, 4.69) is 0 Å². The van der Waals surface area contributed by atoms with Crippen molar-refractivity contribution >= 4 is 28.7 Å². The predicted octanol–water partition coefficient (Wildman–Crippen LogP) is 3.66. The summed E-state index contributed by atoms with van der Waals surface area (Å²) in [6.07, 6.45) is 0. The standard InChI is InChI=1S/C14H13ClO4S/c1-17-9-7-11(19-3)10(18-2)6-8(9)14(16)12-4-5-13(15)20-12/h4-7H,1-3H3. The lowest BCUT2D eigenvalue weighted by atomic mass is 10.1. The number of carbonyl (C=O) groups excluding carboxylic acids is 1. The maximum Gasteiger partial charge on any atom is 0.206 e. The molecule has 0 atom stereocenters. The molecule has 0 aliphatic carbocycles. The third kappa shape index (κ3) is 2.73. The fourth-order valence-corrected chi connectivity index (χ4v) is 2.77. The molecule has 0 aliphatic rings. The molecule has 0 amide bonds. The van der Waals surface area contributed by atoms with Crippen LogP contribution in [-0.4, -0.2) is 27.1 Å². The van der Waals surface area contributed by atoms with Gasteiger partial charge >= 0.3 is 0 Å². The Morgan fingerprint density at radius 1 is 1.00 bits per heavy atom. The van der Waals surface area contributed by atoms with Crippen molar-refractivity contribution in [2.75, 3.05) is 21.3 Å². The molecule has 0 unspecified atom stereocenters. The van der Waals surface area contributed by atoms with E-state index < -0.39 is 0 Å². The summed E-state index contributed by atoms with van der Waals surface area (Å²) in [7, 11) is 4.54. The molecule has 2 aromatic rings. The average Bonchev–Trinajstić information content (AvgIpc) is 2.91. The van der Waals surface area contributed by atoms with E-state index in [4.69, 9.17) is 25.8 Å². The Hall–Kier alpha value is -1.72. The van der Waals surface area contributed by atoms with Gasteiger partial charge in [-0.2, -0.15) is 0 Å². The van der Waals surface area contributed by atoms with Gasteiger partial charge in [0.1, 0.15) is 5.75 Å². The van der Waals surface area contributed by atoms with Gasteiger partial charge in [0.2, 0.25) is 5.78 Å². The van der Waals surface area contributed by atoms with Gasteiger partial charge in [0.05, 0.1) is 36.1 Å². The maximum atomic E-state index is 12.5. The summed E-state index contributed by atoms with van der Waals surface area (Å²) >= 11 is 7.08. The second kappa shape index (κ2) is 6.15. The summed E-state index contributed by atoms with van der Waals surface area (Å²) in [5.41, 5.74) is 0.406. The molecule has 0 N–H and O–H groups in total. The molecule has 0 fully saturated rings. The lowest BCUT2D eigenvalue weighted by Crippen LogP contribution is -2.04. The number of ketones is 1. The minimum absolute atomic E-state index is 0.167. The molecule has 106 valence electrons. The van der Waals surface area contributed by atoms with E-state index in [1.165, 1.54) is 32.7 Å². The summed E-state index contributed by atoms with van der Waals surface area (Å²) in [6, 6.07) is 6.60. The molecule has 0 spiro atoms. The number of hydrogen-bond acceptors (Lipinski definition) is 5. The van der Waals surface area contributed by atoms with Crippen molar-refractivity contribution in [1.82, 2.24) is 0 Å². The highest BCUT2D eigenvalue weighted by Crippen LogP contribution is 2.36. The van der Waals surface area contributed by atoms with Crippen LogP contribution in [0.5, 0.6) is 17.2 Å². The van der Waals surface area contributed by atoms with Crippen LogP contribution in [0.1, 0.15) is 15.2 Å². The van der Waals surface area contributed by atoms with Gasteiger partial charge < -0.3 is 14.2 Å². The van der Waals surface area contributed by atoms with Gasteiger partial charge in [-0.05, 0) is 18.2 Å². The molecular formula is C14H13ClO4S. The molecule has 6 heteroatoms. The number of carbonyl (C=O) groups is 1.